The van der Waals surface area contributed by atoms with Crippen molar-refractivity contribution in [2.45, 2.75) is 13.3 Å². The fourth-order valence-electron chi connectivity index (χ4n) is 6.94. The molecular weight excluding hydrogens is 853 g/mol. The predicted molar refractivity (Wildman–Crippen MR) is 258 cm³/mol. The largest absolute Gasteiger partial charge is 0.424 e. The van der Waals surface area contributed by atoms with Gasteiger partial charge >= 0.3 is 36.1 Å². The van der Waals surface area contributed by atoms with Crippen LogP contribution in [0.4, 0.5) is 0 Å². The first kappa shape index (κ1) is 42.5. The Hall–Kier alpha value is -9.42. The van der Waals surface area contributed by atoms with Gasteiger partial charge in [0.15, 0.2) is 11.5 Å². The minimum absolute atomic E-state index is 0.0550. The van der Waals surface area contributed by atoms with E-state index in [1.54, 1.807) is 12.2 Å². The highest BCUT2D eigenvalue weighted by molar-refractivity contribution is 5.66. The molecule has 1 aliphatic rings. The lowest BCUT2D eigenvalue weighted by Gasteiger charge is -2.13. The Bertz CT molecular complexity index is 3120. The molecule has 0 saturated carbocycles. The Morgan fingerprint density at radius 1 is 0.279 bits per heavy atom. The Morgan fingerprint density at radius 3 is 0.824 bits per heavy atom. The fraction of sp³-hybridized carbons (Fsp3) is 0.0357. The fourth-order valence-corrected chi connectivity index (χ4v) is 6.94. The van der Waals surface area contributed by atoms with Gasteiger partial charge < -0.3 is 28.4 Å². The first-order chi connectivity index (χ1) is 33.5. The first-order valence-corrected chi connectivity index (χ1v) is 21.7. The number of ether oxygens (including phenoxy) is 6. The van der Waals surface area contributed by atoms with Crippen molar-refractivity contribution in [3.63, 3.8) is 0 Å². The quantitative estimate of drug-likeness (QED) is 0.0970. The topological polar surface area (TPSA) is 133 Å². The SMILES string of the molecule is Cc1ccc(Oc2nc(OC3=C(Oc4nc(Oc5ccc(-c6ccccc6)cc5)nc(Oc5ccc(-c6ccccc6)cc5)n4)C=CCC=C3)nc(Oc3ccc(-c4ccccc4)cc3)n2)cc1. The monoisotopic (exact) mass is 892 g/mol. The molecule has 12 nitrogen and oxygen atoms in total. The van der Waals surface area contributed by atoms with Gasteiger partial charge in [-0.1, -0.05) is 157 Å². The van der Waals surface area contributed by atoms with E-state index in [1.165, 1.54) is 0 Å². The molecule has 0 atom stereocenters. The van der Waals surface area contributed by atoms with Crippen molar-refractivity contribution in [2.75, 3.05) is 0 Å². The van der Waals surface area contributed by atoms with Crippen LogP contribution < -0.4 is 28.4 Å². The van der Waals surface area contributed by atoms with E-state index in [0.29, 0.717) is 29.4 Å². The van der Waals surface area contributed by atoms with E-state index in [1.807, 2.05) is 207 Å². The van der Waals surface area contributed by atoms with Crippen molar-refractivity contribution in [2.24, 2.45) is 0 Å². The molecule has 12 heteroatoms. The number of allylic oxidation sites excluding steroid dienone is 4. The maximum atomic E-state index is 6.40. The second-order valence-electron chi connectivity index (χ2n) is 15.2. The van der Waals surface area contributed by atoms with Gasteiger partial charge in [-0.15, -0.1) is 29.9 Å². The lowest BCUT2D eigenvalue weighted by atomic mass is 10.1. The zero-order valence-electron chi connectivity index (χ0n) is 36.5. The van der Waals surface area contributed by atoms with Gasteiger partial charge in [0.05, 0.1) is 0 Å². The van der Waals surface area contributed by atoms with E-state index < -0.39 is 0 Å². The molecule has 7 aromatic carbocycles. The third-order valence-corrected chi connectivity index (χ3v) is 10.3. The molecule has 0 unspecified atom stereocenters. The highest BCUT2D eigenvalue weighted by atomic mass is 16.6. The van der Waals surface area contributed by atoms with E-state index in [-0.39, 0.29) is 47.6 Å². The average Bonchev–Trinajstić information content (AvgIpc) is 3.60. The third-order valence-electron chi connectivity index (χ3n) is 10.3. The molecule has 0 aliphatic heterocycles. The number of aryl methyl sites for hydroxylation is 1. The maximum absolute atomic E-state index is 6.40. The van der Waals surface area contributed by atoms with Crippen LogP contribution >= 0.6 is 0 Å². The van der Waals surface area contributed by atoms with Crippen LogP contribution in [0.2, 0.25) is 0 Å². The van der Waals surface area contributed by atoms with Crippen LogP contribution in [0.25, 0.3) is 33.4 Å². The smallest absolute Gasteiger partial charge is 0.331 e. The Labute approximate surface area is 392 Å². The number of hydrogen-bond donors (Lipinski definition) is 0. The van der Waals surface area contributed by atoms with Crippen LogP contribution in [0, 0.1) is 6.92 Å². The van der Waals surface area contributed by atoms with Gasteiger partial charge in [-0.05, 0) is 107 Å². The van der Waals surface area contributed by atoms with Gasteiger partial charge in [0.1, 0.15) is 23.0 Å². The van der Waals surface area contributed by atoms with Crippen molar-refractivity contribution < 1.29 is 28.4 Å². The maximum Gasteiger partial charge on any atom is 0.331 e. The summed E-state index contributed by atoms with van der Waals surface area (Å²) in [5, 5.41) is 0. The number of hydrogen-bond acceptors (Lipinski definition) is 12. The summed E-state index contributed by atoms with van der Waals surface area (Å²) in [6, 6.07) is 60.0. The van der Waals surface area contributed by atoms with Crippen molar-refractivity contribution in [3.05, 3.63) is 229 Å². The zero-order valence-corrected chi connectivity index (χ0v) is 36.5. The van der Waals surface area contributed by atoms with Crippen LogP contribution in [0.3, 0.4) is 0 Å². The van der Waals surface area contributed by atoms with Crippen LogP contribution in [0.1, 0.15) is 12.0 Å². The number of aromatic nitrogens is 6. The van der Waals surface area contributed by atoms with Gasteiger partial charge in [-0.2, -0.15) is 0 Å². The molecular formula is C56H40N6O6. The van der Waals surface area contributed by atoms with Crippen LogP contribution in [-0.4, -0.2) is 29.9 Å². The third kappa shape index (κ3) is 10.9. The highest BCUT2D eigenvalue weighted by Crippen LogP contribution is 2.32. The Kier molecular flexibility index (Phi) is 12.6. The van der Waals surface area contributed by atoms with E-state index in [0.717, 1.165) is 38.9 Å². The van der Waals surface area contributed by atoms with Crippen LogP contribution in [0.15, 0.2) is 224 Å². The van der Waals surface area contributed by atoms with Crippen molar-refractivity contribution in [3.8, 4) is 92.4 Å². The summed E-state index contributed by atoms with van der Waals surface area (Å²) in [5.41, 5.74) is 7.37. The summed E-state index contributed by atoms with van der Waals surface area (Å²) in [7, 11) is 0. The number of nitrogens with zero attached hydrogens (tertiary/aromatic N) is 6. The molecule has 0 bridgehead atoms. The van der Waals surface area contributed by atoms with E-state index in [9.17, 15) is 0 Å². The summed E-state index contributed by atoms with van der Waals surface area (Å²) < 4.78 is 37.5. The first-order valence-electron chi connectivity index (χ1n) is 21.7. The Morgan fingerprint density at radius 2 is 0.529 bits per heavy atom. The second kappa shape index (κ2) is 20.2. The van der Waals surface area contributed by atoms with E-state index >= 15 is 0 Å². The number of benzene rings is 7. The molecule has 0 saturated heterocycles. The summed E-state index contributed by atoms with van der Waals surface area (Å²) >= 11 is 0. The highest BCUT2D eigenvalue weighted by Gasteiger charge is 2.20. The van der Waals surface area contributed by atoms with Gasteiger partial charge in [0, 0.05) is 0 Å². The van der Waals surface area contributed by atoms with Gasteiger partial charge in [-0.3, -0.25) is 0 Å². The minimum Gasteiger partial charge on any atom is -0.424 e. The molecule has 0 fully saturated rings. The molecule has 0 spiro atoms. The lowest BCUT2D eigenvalue weighted by molar-refractivity contribution is 0.313. The molecule has 0 radical (unpaired) electrons. The molecule has 68 heavy (non-hydrogen) atoms. The number of rotatable bonds is 15. The molecule has 0 N–H and O–H groups in total. The van der Waals surface area contributed by atoms with Gasteiger partial charge in [0.25, 0.3) is 0 Å². The summed E-state index contributed by atoms with van der Waals surface area (Å²) in [6.45, 7) is 1.99. The average molecular weight is 893 g/mol. The summed E-state index contributed by atoms with van der Waals surface area (Å²) in [5.74, 6) is 2.43. The van der Waals surface area contributed by atoms with Gasteiger partial charge in [-0.25, -0.2) is 0 Å². The summed E-state index contributed by atoms with van der Waals surface area (Å²) in [6.07, 6.45) is 7.84. The second-order valence-corrected chi connectivity index (χ2v) is 15.2. The molecule has 2 heterocycles. The molecule has 1 aliphatic carbocycles. The molecule has 0 amide bonds. The van der Waals surface area contributed by atoms with Crippen molar-refractivity contribution in [1.29, 1.82) is 0 Å². The molecule has 2 aromatic heterocycles. The summed E-state index contributed by atoms with van der Waals surface area (Å²) in [4.78, 5) is 27.1. The molecule has 10 rings (SSSR count). The van der Waals surface area contributed by atoms with Crippen LogP contribution in [0.5, 0.6) is 59.1 Å². The van der Waals surface area contributed by atoms with Gasteiger partial charge in [0.2, 0.25) is 0 Å². The van der Waals surface area contributed by atoms with Crippen molar-refractivity contribution in [1.82, 2.24) is 29.9 Å². The van der Waals surface area contributed by atoms with Crippen molar-refractivity contribution >= 4 is 0 Å². The molecule has 330 valence electrons. The standard InChI is InChI=1S/C56H40N6O6/c1-38-22-30-45(31-23-38)63-51-57-52(64-46-32-24-42(25-33-46)39-14-6-2-7-15-39)60-55(59-51)67-49-20-12-5-13-21-50(49)68-56-61-53(65-47-34-26-43(27-35-47)40-16-8-3-9-17-40)58-54(62-56)66-48-36-28-44(29-37-48)41-18-10-4-11-19-41/h2-4,6-37H,5H2,1H3. The Balaban J connectivity index is 0.957. The lowest BCUT2D eigenvalue weighted by Crippen LogP contribution is -2.09. The van der Waals surface area contributed by atoms with E-state index in [2.05, 4.69) is 29.9 Å². The predicted octanol–water partition coefficient (Wildman–Crippen LogP) is 13.7. The zero-order chi connectivity index (χ0) is 45.9. The normalized spacial score (nSPS) is 12.0. The van der Waals surface area contributed by atoms with E-state index in [4.69, 9.17) is 28.4 Å². The molecule has 9 aromatic rings. The van der Waals surface area contributed by atoms with Crippen LogP contribution in [-0.2, 0) is 0 Å². The minimum atomic E-state index is -0.134.